The van der Waals surface area contributed by atoms with Gasteiger partial charge in [-0.15, -0.1) is 0 Å². The van der Waals surface area contributed by atoms with Crippen LogP contribution < -0.4 is 10.9 Å². The molecule has 152 valence electrons. The van der Waals surface area contributed by atoms with Crippen molar-refractivity contribution in [1.29, 1.82) is 0 Å². The molecule has 1 fully saturated rings. The second-order valence-electron chi connectivity index (χ2n) is 8.15. The van der Waals surface area contributed by atoms with Crippen molar-refractivity contribution in [2.24, 2.45) is 7.05 Å². The number of nitrogens with one attached hydrogen (secondary N) is 1. The van der Waals surface area contributed by atoms with Gasteiger partial charge in [-0.3, -0.25) is 9.78 Å². The van der Waals surface area contributed by atoms with E-state index in [1.54, 1.807) is 39.2 Å². The summed E-state index contributed by atoms with van der Waals surface area (Å²) < 4.78 is 1.42. The number of aliphatic hydroxyl groups excluding tert-OH is 1. The molecule has 8 heteroatoms. The zero-order chi connectivity index (χ0) is 20.8. The molecule has 29 heavy (non-hydrogen) atoms. The van der Waals surface area contributed by atoms with Gasteiger partial charge in [0.1, 0.15) is 16.8 Å². The van der Waals surface area contributed by atoms with Crippen LogP contribution in [0.25, 0.3) is 22.2 Å². The average molecular weight is 395 g/mol. The number of aliphatic hydroxyl groups is 2. The SMILES string of the molecule is Cn1cnc2cc(-c3ccc(C(C)(C)O)nc3)nc(N[C@H]3CCC[C@H]3O)c2c1=O. The number of nitrogens with zero attached hydrogens (tertiary/aromatic N) is 4. The van der Waals surface area contributed by atoms with Crippen LogP contribution in [0, 0.1) is 0 Å². The van der Waals surface area contributed by atoms with E-state index in [0.717, 1.165) is 24.8 Å². The van der Waals surface area contributed by atoms with Gasteiger partial charge in [0.25, 0.3) is 5.56 Å². The zero-order valence-electron chi connectivity index (χ0n) is 16.8. The van der Waals surface area contributed by atoms with Crippen LogP contribution in [0.3, 0.4) is 0 Å². The summed E-state index contributed by atoms with van der Waals surface area (Å²) in [5.74, 6) is 0.420. The first-order valence-corrected chi connectivity index (χ1v) is 9.74. The van der Waals surface area contributed by atoms with Gasteiger partial charge in [-0.1, -0.05) is 0 Å². The Bertz CT molecular complexity index is 1100. The van der Waals surface area contributed by atoms with Gasteiger partial charge in [0.15, 0.2) is 0 Å². The molecule has 0 unspecified atom stereocenters. The summed E-state index contributed by atoms with van der Waals surface area (Å²) in [4.78, 5) is 26.2. The number of rotatable bonds is 4. The van der Waals surface area contributed by atoms with E-state index in [1.165, 1.54) is 10.9 Å². The van der Waals surface area contributed by atoms with Crippen molar-refractivity contribution >= 4 is 16.7 Å². The third kappa shape index (κ3) is 3.73. The van der Waals surface area contributed by atoms with Crippen LogP contribution in [0.1, 0.15) is 38.8 Å². The molecule has 0 amide bonds. The standard InChI is InChI=1S/C21H25N5O3/c1-21(2,29)17-8-7-12(10-22-17)14-9-15-18(20(28)26(3)11-23-15)19(25-14)24-13-5-4-6-16(13)27/h7-11,13,16,27,29H,4-6H2,1-3H3,(H,24,25)/t13-,16+/m0/s1. The Kier molecular flexibility index (Phi) is 4.84. The van der Waals surface area contributed by atoms with Crippen molar-refractivity contribution in [2.75, 3.05) is 5.32 Å². The second-order valence-corrected chi connectivity index (χ2v) is 8.15. The summed E-state index contributed by atoms with van der Waals surface area (Å²) in [5.41, 5.74) is 1.22. The predicted molar refractivity (Wildman–Crippen MR) is 111 cm³/mol. The lowest BCUT2D eigenvalue weighted by molar-refractivity contribution is 0.0739. The minimum Gasteiger partial charge on any atom is -0.391 e. The molecule has 0 radical (unpaired) electrons. The van der Waals surface area contributed by atoms with E-state index >= 15 is 0 Å². The molecule has 3 aromatic rings. The molecule has 8 nitrogen and oxygen atoms in total. The van der Waals surface area contributed by atoms with E-state index in [2.05, 4.69) is 20.3 Å². The topological polar surface area (TPSA) is 113 Å². The number of hydrogen-bond acceptors (Lipinski definition) is 7. The van der Waals surface area contributed by atoms with Crippen molar-refractivity contribution in [3.05, 3.63) is 46.8 Å². The molecule has 0 spiro atoms. The van der Waals surface area contributed by atoms with Crippen molar-refractivity contribution in [2.45, 2.75) is 50.9 Å². The third-order valence-corrected chi connectivity index (χ3v) is 5.39. The fraction of sp³-hybridized carbons (Fsp3) is 0.429. The van der Waals surface area contributed by atoms with E-state index < -0.39 is 11.7 Å². The summed E-state index contributed by atoms with van der Waals surface area (Å²) in [6, 6.07) is 5.20. The molecule has 3 N–H and O–H groups in total. The number of hydrogen-bond donors (Lipinski definition) is 3. The van der Waals surface area contributed by atoms with Crippen LogP contribution in [-0.4, -0.2) is 41.9 Å². The van der Waals surface area contributed by atoms with E-state index in [0.29, 0.717) is 28.1 Å². The van der Waals surface area contributed by atoms with Gasteiger partial charge in [0.2, 0.25) is 0 Å². The lowest BCUT2D eigenvalue weighted by Gasteiger charge is -2.19. The molecule has 1 saturated carbocycles. The molecule has 0 aromatic carbocycles. The van der Waals surface area contributed by atoms with Gasteiger partial charge in [-0.05, 0) is 51.3 Å². The van der Waals surface area contributed by atoms with Crippen molar-refractivity contribution in [3.63, 3.8) is 0 Å². The molecule has 0 bridgehead atoms. The number of aromatic nitrogens is 4. The van der Waals surface area contributed by atoms with Crippen molar-refractivity contribution < 1.29 is 10.2 Å². The highest BCUT2D eigenvalue weighted by Crippen LogP contribution is 2.29. The summed E-state index contributed by atoms with van der Waals surface area (Å²) in [6.07, 6.45) is 5.14. The molecular weight excluding hydrogens is 370 g/mol. The summed E-state index contributed by atoms with van der Waals surface area (Å²) >= 11 is 0. The first kappa shape index (κ1) is 19.5. The first-order valence-electron chi connectivity index (χ1n) is 9.74. The maximum absolute atomic E-state index is 12.7. The van der Waals surface area contributed by atoms with Crippen LogP contribution in [0.2, 0.25) is 0 Å². The van der Waals surface area contributed by atoms with Crippen LogP contribution in [-0.2, 0) is 12.6 Å². The second kappa shape index (κ2) is 7.20. The van der Waals surface area contributed by atoms with Gasteiger partial charge in [-0.2, -0.15) is 0 Å². The minimum absolute atomic E-state index is 0.151. The Balaban J connectivity index is 1.83. The van der Waals surface area contributed by atoms with Gasteiger partial charge >= 0.3 is 0 Å². The molecule has 4 rings (SSSR count). The highest BCUT2D eigenvalue weighted by Gasteiger charge is 2.27. The average Bonchev–Trinajstić information content (AvgIpc) is 3.08. The zero-order valence-corrected chi connectivity index (χ0v) is 16.8. The highest BCUT2D eigenvalue weighted by atomic mass is 16.3. The minimum atomic E-state index is -1.03. The molecule has 3 aromatic heterocycles. The van der Waals surface area contributed by atoms with Crippen LogP contribution in [0.4, 0.5) is 5.82 Å². The summed E-state index contributed by atoms with van der Waals surface area (Å²) in [5, 5.41) is 24.0. The van der Waals surface area contributed by atoms with Crippen molar-refractivity contribution in [3.8, 4) is 11.3 Å². The fourth-order valence-corrected chi connectivity index (χ4v) is 3.67. The lowest BCUT2D eigenvalue weighted by Crippen LogP contribution is -2.29. The van der Waals surface area contributed by atoms with E-state index in [-0.39, 0.29) is 11.6 Å². The van der Waals surface area contributed by atoms with E-state index in [9.17, 15) is 15.0 Å². The molecule has 1 aliphatic rings. The number of anilines is 1. The smallest absolute Gasteiger partial charge is 0.264 e. The highest BCUT2D eigenvalue weighted by molar-refractivity contribution is 5.91. The number of aryl methyl sites for hydroxylation is 1. The van der Waals surface area contributed by atoms with E-state index in [4.69, 9.17) is 0 Å². The third-order valence-electron chi connectivity index (χ3n) is 5.39. The lowest BCUT2D eigenvalue weighted by atomic mass is 10.0. The first-order chi connectivity index (χ1) is 13.7. The number of fused-ring (bicyclic) bond motifs is 1. The normalized spacial score (nSPS) is 19.6. The van der Waals surface area contributed by atoms with Crippen LogP contribution >= 0.6 is 0 Å². The predicted octanol–water partition coefficient (Wildman–Crippen LogP) is 1.94. The molecular formula is C21H25N5O3. The quantitative estimate of drug-likeness (QED) is 0.619. The Morgan fingerprint density at radius 3 is 2.66 bits per heavy atom. The molecule has 1 aliphatic carbocycles. The Labute approximate surface area is 168 Å². The molecule has 2 atom stereocenters. The van der Waals surface area contributed by atoms with Gasteiger partial charge in [-0.25, -0.2) is 9.97 Å². The Morgan fingerprint density at radius 1 is 1.24 bits per heavy atom. The van der Waals surface area contributed by atoms with E-state index in [1.807, 2.05) is 6.07 Å². The van der Waals surface area contributed by atoms with Gasteiger partial charge in [0, 0.05) is 18.8 Å². The maximum atomic E-state index is 12.7. The molecule has 3 heterocycles. The monoisotopic (exact) mass is 395 g/mol. The maximum Gasteiger partial charge on any atom is 0.264 e. The summed E-state index contributed by atoms with van der Waals surface area (Å²) in [6.45, 7) is 3.36. The van der Waals surface area contributed by atoms with Crippen molar-refractivity contribution in [1.82, 2.24) is 19.5 Å². The summed E-state index contributed by atoms with van der Waals surface area (Å²) in [7, 11) is 1.65. The fourth-order valence-electron chi connectivity index (χ4n) is 3.67. The molecule has 0 saturated heterocycles. The number of pyridine rings is 2. The molecule has 0 aliphatic heterocycles. The van der Waals surface area contributed by atoms with Crippen LogP contribution in [0.15, 0.2) is 35.5 Å². The van der Waals surface area contributed by atoms with Gasteiger partial charge < -0.3 is 20.1 Å². The largest absolute Gasteiger partial charge is 0.391 e. The Hall–Kier alpha value is -2.84. The van der Waals surface area contributed by atoms with Crippen LogP contribution in [0.5, 0.6) is 0 Å². The Morgan fingerprint density at radius 2 is 2.03 bits per heavy atom. The van der Waals surface area contributed by atoms with Gasteiger partial charge in [0.05, 0.1) is 35.4 Å².